The minimum absolute atomic E-state index is 0.106. The first-order valence-electron chi connectivity index (χ1n) is 10.8. The number of aromatic amines is 1. The zero-order valence-corrected chi connectivity index (χ0v) is 20.0. The van der Waals surface area contributed by atoms with Gasteiger partial charge < -0.3 is 14.5 Å². The molecule has 0 bridgehead atoms. The number of esters is 2. The molecule has 9 nitrogen and oxygen atoms in total. The molecule has 1 atom stereocenters. The van der Waals surface area contributed by atoms with E-state index in [-0.39, 0.29) is 28.3 Å². The van der Waals surface area contributed by atoms with Crippen LogP contribution in [0.3, 0.4) is 0 Å². The van der Waals surface area contributed by atoms with Gasteiger partial charge in [0.15, 0.2) is 6.10 Å². The molecule has 1 N–H and O–H groups in total. The molecule has 0 spiro atoms. The summed E-state index contributed by atoms with van der Waals surface area (Å²) >= 11 is 0. The Morgan fingerprint density at radius 1 is 1.06 bits per heavy atom. The number of ether oxygens (including phenoxy) is 2. The van der Waals surface area contributed by atoms with Crippen molar-refractivity contribution in [3.05, 3.63) is 52.3 Å². The van der Waals surface area contributed by atoms with Crippen molar-refractivity contribution in [1.29, 1.82) is 0 Å². The summed E-state index contributed by atoms with van der Waals surface area (Å²) in [5.74, 6) is -1.78. The smallest absolute Gasteiger partial charge is 0.340 e. The van der Waals surface area contributed by atoms with Crippen LogP contribution in [0.15, 0.2) is 29.2 Å². The van der Waals surface area contributed by atoms with Crippen LogP contribution in [0.4, 0.5) is 0 Å². The Balaban J connectivity index is 1.71. The van der Waals surface area contributed by atoms with E-state index in [2.05, 4.69) is 4.98 Å². The highest BCUT2D eigenvalue weighted by atomic mass is 32.2. The van der Waals surface area contributed by atoms with Crippen LogP contribution < -0.4 is 0 Å². The molecule has 0 unspecified atom stereocenters. The molecule has 1 aromatic heterocycles. The molecule has 0 radical (unpaired) electrons. The largest absolute Gasteiger partial charge is 0.462 e. The number of benzene rings is 1. The van der Waals surface area contributed by atoms with Crippen LogP contribution in [-0.4, -0.2) is 61.2 Å². The van der Waals surface area contributed by atoms with Gasteiger partial charge in [0.1, 0.15) is 0 Å². The number of carbonyl (C=O) groups is 3. The molecule has 1 aliphatic heterocycles. The zero-order valence-electron chi connectivity index (χ0n) is 19.1. The van der Waals surface area contributed by atoms with E-state index in [1.807, 2.05) is 0 Å². The fourth-order valence-electron chi connectivity index (χ4n) is 3.83. The van der Waals surface area contributed by atoms with Crippen LogP contribution >= 0.6 is 0 Å². The quantitative estimate of drug-likeness (QED) is 0.459. The summed E-state index contributed by atoms with van der Waals surface area (Å²) < 4.78 is 37.0. The average molecular weight is 477 g/mol. The van der Waals surface area contributed by atoms with Crippen LogP contribution in [0.1, 0.15) is 69.2 Å². The molecule has 0 amide bonds. The molecule has 178 valence electrons. The van der Waals surface area contributed by atoms with Crippen LogP contribution in [0.2, 0.25) is 0 Å². The van der Waals surface area contributed by atoms with Gasteiger partial charge >= 0.3 is 11.9 Å². The van der Waals surface area contributed by atoms with Gasteiger partial charge in [-0.1, -0.05) is 0 Å². The first kappa shape index (κ1) is 24.7. The third-order valence-corrected chi connectivity index (χ3v) is 7.52. The second kappa shape index (κ2) is 9.88. The summed E-state index contributed by atoms with van der Waals surface area (Å²) in [4.78, 5) is 40.5. The Hall–Kier alpha value is -2.98. The summed E-state index contributed by atoms with van der Waals surface area (Å²) in [6.45, 7) is 7.59. The topological polar surface area (TPSA) is 123 Å². The molecular formula is C23H28N2O7S. The highest BCUT2D eigenvalue weighted by molar-refractivity contribution is 7.89. The van der Waals surface area contributed by atoms with Crippen molar-refractivity contribution in [3.8, 4) is 0 Å². The summed E-state index contributed by atoms with van der Waals surface area (Å²) in [5.41, 5.74) is 1.50. The average Bonchev–Trinajstić information content (AvgIpc) is 3.42. The molecule has 1 saturated heterocycles. The number of aromatic nitrogens is 1. The van der Waals surface area contributed by atoms with E-state index in [1.54, 1.807) is 20.8 Å². The van der Waals surface area contributed by atoms with E-state index in [0.29, 0.717) is 24.3 Å². The van der Waals surface area contributed by atoms with Gasteiger partial charge in [0.05, 0.1) is 28.3 Å². The molecule has 1 aliphatic rings. The highest BCUT2D eigenvalue weighted by Crippen LogP contribution is 2.23. The Morgan fingerprint density at radius 2 is 1.67 bits per heavy atom. The Labute approximate surface area is 193 Å². The molecular weight excluding hydrogens is 448 g/mol. The fraction of sp³-hybridized carbons (Fsp3) is 0.435. The summed E-state index contributed by atoms with van der Waals surface area (Å²) in [6.07, 6.45) is 0.533. The van der Waals surface area contributed by atoms with Gasteiger partial charge in [-0.15, -0.1) is 0 Å². The van der Waals surface area contributed by atoms with Crippen LogP contribution in [0.25, 0.3) is 0 Å². The maximum Gasteiger partial charge on any atom is 0.340 e. The lowest BCUT2D eigenvalue weighted by atomic mass is 10.1. The first-order valence-corrected chi connectivity index (χ1v) is 12.2. The summed E-state index contributed by atoms with van der Waals surface area (Å²) in [6, 6.07) is 5.46. The van der Waals surface area contributed by atoms with E-state index in [9.17, 15) is 22.8 Å². The lowest BCUT2D eigenvalue weighted by molar-refractivity contribution is 0.0316. The Kier molecular flexibility index (Phi) is 7.38. The number of H-pyrrole nitrogens is 1. The molecule has 33 heavy (non-hydrogen) atoms. The van der Waals surface area contributed by atoms with Crippen molar-refractivity contribution < 1.29 is 32.3 Å². The van der Waals surface area contributed by atoms with Gasteiger partial charge in [-0.3, -0.25) is 4.79 Å². The van der Waals surface area contributed by atoms with Gasteiger partial charge in [-0.05, 0) is 70.4 Å². The maximum atomic E-state index is 12.9. The van der Waals surface area contributed by atoms with Gasteiger partial charge in [0, 0.05) is 18.8 Å². The standard InChI is InChI=1S/C23H28N2O7S/c1-5-31-23(28)19-14(2)20(24-15(19)3)21(26)16(4)32-22(27)17-8-10-18(11-9-17)33(29,30)25-12-6-7-13-25/h8-11,16,24H,5-7,12-13H2,1-4H3/t16-/m1/s1. The predicted molar refractivity (Wildman–Crippen MR) is 120 cm³/mol. The number of rotatable bonds is 8. The number of nitrogens with zero attached hydrogens (tertiary/aromatic N) is 1. The fourth-order valence-corrected chi connectivity index (χ4v) is 5.35. The van der Waals surface area contributed by atoms with Gasteiger partial charge in [0.25, 0.3) is 0 Å². The van der Waals surface area contributed by atoms with Crippen molar-refractivity contribution in [3.63, 3.8) is 0 Å². The molecule has 2 heterocycles. The van der Waals surface area contributed by atoms with E-state index >= 15 is 0 Å². The molecule has 3 rings (SSSR count). The number of sulfonamides is 1. The minimum Gasteiger partial charge on any atom is -0.462 e. The number of ketones is 1. The second-order valence-corrected chi connectivity index (χ2v) is 9.83. The predicted octanol–water partition coefficient (Wildman–Crippen LogP) is 3.02. The highest BCUT2D eigenvalue weighted by Gasteiger charge is 2.29. The molecule has 0 aliphatic carbocycles. The third kappa shape index (κ3) is 5.01. The van der Waals surface area contributed by atoms with Crippen LogP contribution in [0.5, 0.6) is 0 Å². The van der Waals surface area contributed by atoms with Crippen molar-refractivity contribution in [2.45, 2.75) is 51.5 Å². The Morgan fingerprint density at radius 3 is 2.24 bits per heavy atom. The number of carbonyl (C=O) groups excluding carboxylic acids is 3. The van der Waals surface area contributed by atoms with E-state index in [0.717, 1.165) is 12.8 Å². The van der Waals surface area contributed by atoms with Crippen molar-refractivity contribution in [2.24, 2.45) is 0 Å². The minimum atomic E-state index is -3.59. The molecule has 1 fully saturated rings. The van der Waals surface area contributed by atoms with Gasteiger partial charge in [-0.2, -0.15) is 4.31 Å². The zero-order chi connectivity index (χ0) is 24.3. The monoisotopic (exact) mass is 476 g/mol. The van der Waals surface area contributed by atoms with E-state index in [4.69, 9.17) is 9.47 Å². The molecule has 0 saturated carbocycles. The van der Waals surface area contributed by atoms with E-state index in [1.165, 1.54) is 35.5 Å². The normalized spacial score (nSPS) is 15.3. The van der Waals surface area contributed by atoms with Crippen LogP contribution in [0, 0.1) is 13.8 Å². The number of hydrogen-bond acceptors (Lipinski definition) is 7. The van der Waals surface area contributed by atoms with Crippen molar-refractivity contribution in [1.82, 2.24) is 9.29 Å². The van der Waals surface area contributed by atoms with Crippen molar-refractivity contribution in [2.75, 3.05) is 19.7 Å². The van der Waals surface area contributed by atoms with E-state index < -0.39 is 33.8 Å². The van der Waals surface area contributed by atoms with Gasteiger partial charge in [-0.25, -0.2) is 18.0 Å². The number of aryl methyl sites for hydroxylation is 1. The summed E-state index contributed by atoms with van der Waals surface area (Å²) in [5, 5.41) is 0. The Bertz CT molecular complexity index is 1160. The summed E-state index contributed by atoms with van der Waals surface area (Å²) in [7, 11) is -3.59. The third-order valence-electron chi connectivity index (χ3n) is 5.61. The van der Waals surface area contributed by atoms with Gasteiger partial charge in [0.2, 0.25) is 15.8 Å². The van der Waals surface area contributed by atoms with Crippen molar-refractivity contribution >= 4 is 27.7 Å². The van der Waals surface area contributed by atoms with Crippen LogP contribution in [-0.2, 0) is 19.5 Å². The SMILES string of the molecule is CCOC(=O)c1c(C)[nH]c(C(=O)[C@@H](C)OC(=O)c2ccc(S(=O)(=O)N3CCCC3)cc2)c1C. The lowest BCUT2D eigenvalue weighted by Crippen LogP contribution is -2.28. The maximum absolute atomic E-state index is 12.9. The number of nitrogens with one attached hydrogen (secondary N) is 1. The lowest BCUT2D eigenvalue weighted by Gasteiger charge is -2.16. The second-order valence-electron chi connectivity index (χ2n) is 7.89. The molecule has 10 heteroatoms. The molecule has 2 aromatic rings. The number of Topliss-reactive ketones (excluding diaryl/α,β-unsaturated/α-hetero) is 1. The molecule has 1 aromatic carbocycles. The first-order chi connectivity index (χ1) is 15.6. The number of hydrogen-bond donors (Lipinski definition) is 1.